The molecule has 1 unspecified atom stereocenters. The normalized spacial score (nSPS) is 19.1. The summed E-state index contributed by atoms with van der Waals surface area (Å²) in [6.45, 7) is 9.53. The van der Waals surface area contributed by atoms with Crippen molar-refractivity contribution in [2.75, 3.05) is 26.2 Å². The fourth-order valence-electron chi connectivity index (χ4n) is 2.99. The molecule has 1 aromatic rings. The van der Waals surface area contributed by atoms with Crippen molar-refractivity contribution in [3.8, 4) is 0 Å². The molecule has 2 heteroatoms. The maximum absolute atomic E-state index is 3.71. The van der Waals surface area contributed by atoms with Crippen molar-refractivity contribution in [1.29, 1.82) is 0 Å². The molecule has 0 bridgehead atoms. The fraction of sp³-hybridized carbons (Fsp3) is 0.667. The number of benzene rings is 1. The van der Waals surface area contributed by atoms with Crippen LogP contribution in [0.5, 0.6) is 0 Å². The van der Waals surface area contributed by atoms with Crippen molar-refractivity contribution in [2.24, 2.45) is 5.92 Å². The third kappa shape index (κ3) is 4.92. The summed E-state index contributed by atoms with van der Waals surface area (Å²) in [6, 6.07) is 11.4. The summed E-state index contributed by atoms with van der Waals surface area (Å²) in [4.78, 5) is 2.64. The van der Waals surface area contributed by atoms with E-state index in [1.54, 1.807) is 0 Å². The predicted octanol–water partition coefficient (Wildman–Crippen LogP) is 3.85. The molecule has 0 radical (unpaired) electrons. The summed E-state index contributed by atoms with van der Waals surface area (Å²) in [5.41, 5.74) is 1.44. The molecule has 20 heavy (non-hydrogen) atoms. The first-order valence-corrected chi connectivity index (χ1v) is 8.30. The topological polar surface area (TPSA) is 15.3 Å². The van der Waals surface area contributed by atoms with Crippen molar-refractivity contribution in [3.63, 3.8) is 0 Å². The van der Waals surface area contributed by atoms with Crippen LogP contribution in [-0.2, 0) is 0 Å². The molecule has 1 N–H and O–H groups in total. The summed E-state index contributed by atoms with van der Waals surface area (Å²) >= 11 is 0. The lowest BCUT2D eigenvalue weighted by Gasteiger charge is -2.31. The van der Waals surface area contributed by atoms with E-state index in [-0.39, 0.29) is 0 Å². The van der Waals surface area contributed by atoms with Gasteiger partial charge in [-0.2, -0.15) is 0 Å². The number of hydrogen-bond donors (Lipinski definition) is 1. The molecule has 1 fully saturated rings. The van der Waals surface area contributed by atoms with Gasteiger partial charge < -0.3 is 10.2 Å². The van der Waals surface area contributed by atoms with Crippen LogP contribution < -0.4 is 5.32 Å². The zero-order valence-electron chi connectivity index (χ0n) is 13.1. The standard InChI is InChI=1S/C18H30N2/c1-3-12-19-18(17-7-5-4-6-8-17)11-15-20-13-9-16(2)10-14-20/h4-8,16,18-19H,3,9-15H2,1-2H3. The number of nitrogens with zero attached hydrogens (tertiary/aromatic N) is 1. The quantitative estimate of drug-likeness (QED) is 0.812. The summed E-state index contributed by atoms with van der Waals surface area (Å²) in [5, 5.41) is 3.71. The Hall–Kier alpha value is -0.860. The first-order valence-electron chi connectivity index (χ1n) is 8.30. The Kier molecular flexibility index (Phi) is 6.55. The van der Waals surface area contributed by atoms with Crippen LogP contribution in [0.25, 0.3) is 0 Å². The third-order valence-electron chi connectivity index (χ3n) is 4.45. The van der Waals surface area contributed by atoms with Crippen LogP contribution in [-0.4, -0.2) is 31.1 Å². The van der Waals surface area contributed by atoms with Gasteiger partial charge in [0.2, 0.25) is 0 Å². The molecule has 1 aliphatic heterocycles. The Labute approximate surface area is 124 Å². The molecule has 112 valence electrons. The molecule has 1 aromatic carbocycles. The molecule has 1 saturated heterocycles. The lowest BCUT2D eigenvalue weighted by molar-refractivity contribution is 0.184. The Bertz CT molecular complexity index is 355. The molecule has 0 amide bonds. The lowest BCUT2D eigenvalue weighted by Crippen LogP contribution is -2.35. The van der Waals surface area contributed by atoms with Gasteiger partial charge in [-0.1, -0.05) is 44.2 Å². The summed E-state index contributed by atoms with van der Waals surface area (Å²) < 4.78 is 0. The summed E-state index contributed by atoms with van der Waals surface area (Å²) in [6.07, 6.45) is 5.17. The van der Waals surface area contributed by atoms with Crippen molar-refractivity contribution >= 4 is 0 Å². The minimum atomic E-state index is 0.510. The predicted molar refractivity (Wildman–Crippen MR) is 86.9 cm³/mol. The molecule has 0 aromatic heterocycles. The molecule has 1 aliphatic rings. The van der Waals surface area contributed by atoms with Crippen molar-refractivity contribution in [3.05, 3.63) is 35.9 Å². The highest BCUT2D eigenvalue weighted by atomic mass is 15.1. The Morgan fingerprint density at radius 1 is 1.20 bits per heavy atom. The van der Waals surface area contributed by atoms with Crippen molar-refractivity contribution < 1.29 is 0 Å². The van der Waals surface area contributed by atoms with Crippen molar-refractivity contribution in [2.45, 2.75) is 45.6 Å². The van der Waals surface area contributed by atoms with E-state index in [9.17, 15) is 0 Å². The monoisotopic (exact) mass is 274 g/mol. The van der Waals surface area contributed by atoms with Gasteiger partial charge in [0.25, 0.3) is 0 Å². The Morgan fingerprint density at radius 2 is 1.90 bits per heavy atom. The van der Waals surface area contributed by atoms with E-state index in [1.807, 2.05) is 0 Å². The molecule has 2 nitrogen and oxygen atoms in total. The molecule has 0 aliphatic carbocycles. The second-order valence-electron chi connectivity index (χ2n) is 6.23. The van der Waals surface area contributed by atoms with Gasteiger partial charge in [0.05, 0.1) is 0 Å². The molecule has 1 atom stereocenters. The van der Waals surface area contributed by atoms with Crippen LogP contribution in [0.2, 0.25) is 0 Å². The highest BCUT2D eigenvalue weighted by molar-refractivity contribution is 5.18. The molecule has 1 heterocycles. The number of nitrogens with one attached hydrogen (secondary N) is 1. The molecule has 0 saturated carbocycles. The van der Waals surface area contributed by atoms with E-state index in [1.165, 1.54) is 50.9 Å². The molecule has 2 rings (SSSR count). The van der Waals surface area contributed by atoms with E-state index >= 15 is 0 Å². The molecule has 0 spiro atoms. The maximum atomic E-state index is 3.71. The zero-order chi connectivity index (χ0) is 14.2. The van der Waals surface area contributed by atoms with Crippen LogP contribution in [0.4, 0.5) is 0 Å². The number of piperidine rings is 1. The second kappa shape index (κ2) is 8.43. The molecular formula is C18H30N2. The first kappa shape index (κ1) is 15.5. The Morgan fingerprint density at radius 3 is 2.55 bits per heavy atom. The smallest absolute Gasteiger partial charge is 0.0332 e. The lowest BCUT2D eigenvalue weighted by atomic mass is 9.98. The van der Waals surface area contributed by atoms with Gasteiger partial charge in [0, 0.05) is 6.04 Å². The van der Waals surface area contributed by atoms with E-state index in [0.29, 0.717) is 6.04 Å². The van der Waals surface area contributed by atoms with Crippen molar-refractivity contribution in [1.82, 2.24) is 10.2 Å². The largest absolute Gasteiger partial charge is 0.310 e. The minimum absolute atomic E-state index is 0.510. The average Bonchev–Trinajstić information content (AvgIpc) is 2.50. The van der Waals surface area contributed by atoms with Gasteiger partial charge in [-0.05, 0) is 63.3 Å². The van der Waals surface area contributed by atoms with Crippen LogP contribution in [0, 0.1) is 5.92 Å². The van der Waals surface area contributed by atoms with Gasteiger partial charge in [0.15, 0.2) is 0 Å². The van der Waals surface area contributed by atoms with Gasteiger partial charge in [0.1, 0.15) is 0 Å². The first-order chi connectivity index (χ1) is 9.79. The summed E-state index contributed by atoms with van der Waals surface area (Å²) in [5.74, 6) is 0.925. The van der Waals surface area contributed by atoms with E-state index in [4.69, 9.17) is 0 Å². The number of rotatable bonds is 7. The fourth-order valence-corrected chi connectivity index (χ4v) is 2.99. The van der Waals surface area contributed by atoms with Gasteiger partial charge >= 0.3 is 0 Å². The van der Waals surface area contributed by atoms with E-state index < -0.39 is 0 Å². The second-order valence-corrected chi connectivity index (χ2v) is 6.23. The number of hydrogen-bond acceptors (Lipinski definition) is 2. The highest BCUT2D eigenvalue weighted by Gasteiger charge is 2.17. The van der Waals surface area contributed by atoms with Crippen LogP contribution in [0.3, 0.4) is 0 Å². The third-order valence-corrected chi connectivity index (χ3v) is 4.45. The van der Waals surface area contributed by atoms with E-state index in [2.05, 4.69) is 54.4 Å². The summed E-state index contributed by atoms with van der Waals surface area (Å²) in [7, 11) is 0. The van der Waals surface area contributed by atoms with Gasteiger partial charge in [-0.3, -0.25) is 0 Å². The number of likely N-dealkylation sites (tertiary alicyclic amines) is 1. The van der Waals surface area contributed by atoms with Crippen LogP contribution in [0.1, 0.15) is 51.1 Å². The van der Waals surface area contributed by atoms with Crippen LogP contribution in [0.15, 0.2) is 30.3 Å². The average molecular weight is 274 g/mol. The Balaban J connectivity index is 1.84. The van der Waals surface area contributed by atoms with Gasteiger partial charge in [-0.25, -0.2) is 0 Å². The van der Waals surface area contributed by atoms with E-state index in [0.717, 1.165) is 12.5 Å². The van der Waals surface area contributed by atoms with Crippen LogP contribution >= 0.6 is 0 Å². The molecular weight excluding hydrogens is 244 g/mol. The highest BCUT2D eigenvalue weighted by Crippen LogP contribution is 2.20. The zero-order valence-corrected chi connectivity index (χ0v) is 13.1. The minimum Gasteiger partial charge on any atom is -0.310 e. The SMILES string of the molecule is CCCNC(CCN1CCC(C)CC1)c1ccccc1. The maximum Gasteiger partial charge on any atom is 0.0332 e. The van der Waals surface area contributed by atoms with Gasteiger partial charge in [-0.15, -0.1) is 0 Å².